The molecule has 1 atom stereocenters. The molecule has 2 saturated heterocycles. The summed E-state index contributed by atoms with van der Waals surface area (Å²) in [6, 6.07) is 0. The van der Waals surface area contributed by atoms with E-state index in [1.807, 2.05) is 11.8 Å². The van der Waals surface area contributed by atoms with E-state index in [9.17, 15) is 9.59 Å². The van der Waals surface area contributed by atoms with Gasteiger partial charge in [0.05, 0.1) is 0 Å². The number of nitrogens with one attached hydrogen (secondary N) is 2. The minimum atomic E-state index is 0.0894. The third-order valence-electron chi connectivity index (χ3n) is 4.92. The first-order chi connectivity index (χ1) is 10.1. The number of rotatable bonds is 6. The predicted molar refractivity (Wildman–Crippen MR) is 82.7 cm³/mol. The average molecular weight is 295 g/mol. The Balaban J connectivity index is 1.72. The minimum absolute atomic E-state index is 0.0894. The van der Waals surface area contributed by atoms with E-state index in [0.29, 0.717) is 5.92 Å². The highest BCUT2D eigenvalue weighted by atomic mass is 16.2. The molecule has 2 aliphatic rings. The van der Waals surface area contributed by atoms with Gasteiger partial charge in [-0.05, 0) is 38.3 Å². The Kier molecular flexibility index (Phi) is 6.03. The smallest absolute Gasteiger partial charge is 0.225 e. The van der Waals surface area contributed by atoms with E-state index in [1.54, 1.807) is 0 Å². The van der Waals surface area contributed by atoms with E-state index in [0.717, 1.165) is 58.4 Å². The molecule has 5 heteroatoms. The molecule has 2 amide bonds. The number of amides is 2. The quantitative estimate of drug-likeness (QED) is 0.719. The van der Waals surface area contributed by atoms with Gasteiger partial charge in [-0.1, -0.05) is 20.3 Å². The van der Waals surface area contributed by atoms with Crippen molar-refractivity contribution in [3.8, 4) is 0 Å². The van der Waals surface area contributed by atoms with Gasteiger partial charge in [0.2, 0.25) is 11.8 Å². The number of hydrogen-bond donors (Lipinski definition) is 2. The number of hydrogen-bond acceptors (Lipinski definition) is 3. The number of piperidine rings is 1. The minimum Gasteiger partial charge on any atom is -0.356 e. The van der Waals surface area contributed by atoms with Crippen LogP contribution in [-0.2, 0) is 9.59 Å². The molecule has 21 heavy (non-hydrogen) atoms. The first-order valence-electron chi connectivity index (χ1n) is 8.40. The van der Waals surface area contributed by atoms with Crippen LogP contribution in [0, 0.1) is 17.8 Å². The van der Waals surface area contributed by atoms with Crippen molar-refractivity contribution in [2.75, 3.05) is 32.7 Å². The van der Waals surface area contributed by atoms with Gasteiger partial charge in [-0.2, -0.15) is 0 Å². The summed E-state index contributed by atoms with van der Waals surface area (Å²) in [6.07, 6.45) is 3.75. The number of likely N-dealkylation sites (tertiary alicyclic amines) is 1. The second-order valence-electron chi connectivity index (χ2n) is 6.45. The lowest BCUT2D eigenvalue weighted by atomic mass is 9.87. The van der Waals surface area contributed by atoms with Gasteiger partial charge in [0.15, 0.2) is 0 Å². The Morgan fingerprint density at radius 1 is 1.29 bits per heavy atom. The lowest BCUT2D eigenvalue weighted by Crippen LogP contribution is -2.52. The second kappa shape index (κ2) is 7.78. The maximum Gasteiger partial charge on any atom is 0.225 e. The molecule has 2 aliphatic heterocycles. The van der Waals surface area contributed by atoms with E-state index < -0.39 is 0 Å². The molecule has 5 nitrogen and oxygen atoms in total. The molecule has 120 valence electrons. The van der Waals surface area contributed by atoms with Gasteiger partial charge >= 0.3 is 0 Å². The van der Waals surface area contributed by atoms with Crippen LogP contribution in [0.3, 0.4) is 0 Å². The Bertz CT molecular complexity index is 361. The van der Waals surface area contributed by atoms with E-state index in [4.69, 9.17) is 0 Å². The summed E-state index contributed by atoms with van der Waals surface area (Å²) in [5.74, 6) is 1.14. The maximum absolute atomic E-state index is 12.4. The van der Waals surface area contributed by atoms with Gasteiger partial charge < -0.3 is 15.5 Å². The summed E-state index contributed by atoms with van der Waals surface area (Å²) in [6.45, 7) is 8.32. The van der Waals surface area contributed by atoms with E-state index >= 15 is 0 Å². The lowest BCUT2D eigenvalue weighted by Gasteiger charge is -2.37. The fourth-order valence-electron chi connectivity index (χ4n) is 3.05. The molecular formula is C16H29N3O2. The average Bonchev–Trinajstić information content (AvgIpc) is 2.45. The highest BCUT2D eigenvalue weighted by Crippen LogP contribution is 2.23. The predicted octanol–water partition coefficient (Wildman–Crippen LogP) is 0.997. The first-order valence-corrected chi connectivity index (χ1v) is 8.40. The van der Waals surface area contributed by atoms with Crippen molar-refractivity contribution in [2.45, 2.75) is 39.5 Å². The second-order valence-corrected chi connectivity index (χ2v) is 6.45. The van der Waals surface area contributed by atoms with Crippen molar-refractivity contribution >= 4 is 11.8 Å². The van der Waals surface area contributed by atoms with E-state index in [2.05, 4.69) is 17.6 Å². The Labute approximate surface area is 127 Å². The summed E-state index contributed by atoms with van der Waals surface area (Å²) in [7, 11) is 0. The molecule has 2 fully saturated rings. The van der Waals surface area contributed by atoms with Gasteiger partial charge in [-0.25, -0.2) is 0 Å². The number of nitrogens with zero attached hydrogens (tertiary/aromatic N) is 1. The molecule has 0 aliphatic carbocycles. The molecule has 0 aromatic heterocycles. The third kappa shape index (κ3) is 4.19. The third-order valence-corrected chi connectivity index (χ3v) is 4.92. The Hall–Kier alpha value is -1.10. The molecule has 0 saturated carbocycles. The van der Waals surface area contributed by atoms with Crippen molar-refractivity contribution in [1.82, 2.24) is 15.5 Å². The van der Waals surface area contributed by atoms with Gasteiger partial charge in [-0.3, -0.25) is 9.59 Å². The van der Waals surface area contributed by atoms with Crippen LogP contribution < -0.4 is 10.6 Å². The van der Waals surface area contributed by atoms with Crippen LogP contribution >= 0.6 is 0 Å². The highest BCUT2D eigenvalue weighted by Gasteiger charge is 2.34. The van der Waals surface area contributed by atoms with Crippen LogP contribution in [-0.4, -0.2) is 49.4 Å². The largest absolute Gasteiger partial charge is 0.356 e. The molecule has 0 aromatic rings. The maximum atomic E-state index is 12.4. The van der Waals surface area contributed by atoms with Crippen LogP contribution in [0.5, 0.6) is 0 Å². The molecule has 0 aromatic carbocycles. The zero-order chi connectivity index (χ0) is 15.2. The molecule has 2 rings (SSSR count). The van der Waals surface area contributed by atoms with Crippen molar-refractivity contribution in [1.29, 1.82) is 0 Å². The van der Waals surface area contributed by atoms with Gasteiger partial charge in [-0.15, -0.1) is 0 Å². The molecule has 0 bridgehead atoms. The molecule has 2 heterocycles. The topological polar surface area (TPSA) is 61.4 Å². The Morgan fingerprint density at radius 3 is 2.48 bits per heavy atom. The zero-order valence-electron chi connectivity index (χ0n) is 13.4. The summed E-state index contributed by atoms with van der Waals surface area (Å²) in [4.78, 5) is 26.4. The van der Waals surface area contributed by atoms with Crippen LogP contribution in [0.2, 0.25) is 0 Å². The van der Waals surface area contributed by atoms with Gasteiger partial charge in [0.1, 0.15) is 0 Å². The molecule has 2 N–H and O–H groups in total. The van der Waals surface area contributed by atoms with Gasteiger partial charge in [0, 0.05) is 31.5 Å². The van der Waals surface area contributed by atoms with Gasteiger partial charge in [0.25, 0.3) is 0 Å². The highest BCUT2D eigenvalue weighted by molar-refractivity contribution is 5.81. The zero-order valence-corrected chi connectivity index (χ0v) is 13.4. The first kappa shape index (κ1) is 16.3. The number of unbranched alkanes of at least 4 members (excludes halogenated alkanes) is 1. The number of carbonyl (C=O) groups is 2. The molecule has 0 spiro atoms. The molecular weight excluding hydrogens is 266 g/mol. The number of carbonyl (C=O) groups excluding carboxylic acids is 2. The standard InChI is InChI=1S/C16H29N3O2/c1-3-4-7-18-15(20)13-5-8-19(9-6-13)16(21)12(2)14-10-17-11-14/h12-14,17H,3-11H2,1-2H3,(H,18,20). The fraction of sp³-hybridized carbons (Fsp3) is 0.875. The summed E-state index contributed by atoms with van der Waals surface area (Å²) in [5.41, 5.74) is 0. The van der Waals surface area contributed by atoms with Crippen molar-refractivity contribution < 1.29 is 9.59 Å². The lowest BCUT2D eigenvalue weighted by molar-refractivity contribution is -0.140. The normalized spacial score (nSPS) is 21.7. The van der Waals surface area contributed by atoms with E-state index in [1.165, 1.54) is 0 Å². The molecule has 0 radical (unpaired) electrons. The summed E-state index contributed by atoms with van der Waals surface area (Å²) < 4.78 is 0. The summed E-state index contributed by atoms with van der Waals surface area (Å²) in [5, 5.41) is 6.23. The fourth-order valence-corrected chi connectivity index (χ4v) is 3.05. The van der Waals surface area contributed by atoms with Crippen molar-refractivity contribution in [3.63, 3.8) is 0 Å². The van der Waals surface area contributed by atoms with Crippen LogP contribution in [0.1, 0.15) is 39.5 Å². The van der Waals surface area contributed by atoms with Crippen molar-refractivity contribution in [2.24, 2.45) is 17.8 Å². The SMILES string of the molecule is CCCCNC(=O)C1CCN(C(=O)C(C)C2CNC2)CC1. The molecule has 1 unspecified atom stereocenters. The van der Waals surface area contributed by atoms with Crippen molar-refractivity contribution in [3.05, 3.63) is 0 Å². The monoisotopic (exact) mass is 295 g/mol. The van der Waals surface area contributed by atoms with Crippen LogP contribution in [0.25, 0.3) is 0 Å². The van der Waals surface area contributed by atoms with Crippen LogP contribution in [0.15, 0.2) is 0 Å². The summed E-state index contributed by atoms with van der Waals surface area (Å²) >= 11 is 0. The Morgan fingerprint density at radius 2 is 1.95 bits per heavy atom. The van der Waals surface area contributed by atoms with Crippen LogP contribution in [0.4, 0.5) is 0 Å². The van der Waals surface area contributed by atoms with E-state index in [-0.39, 0.29) is 23.7 Å².